The summed E-state index contributed by atoms with van der Waals surface area (Å²) in [5.41, 5.74) is -0.855. The van der Waals surface area contributed by atoms with Crippen LogP contribution in [0.4, 0.5) is 0 Å². The zero-order valence-corrected chi connectivity index (χ0v) is 12.9. The smallest absolute Gasteiger partial charge is 0.263 e. The molecule has 7 heteroatoms. The lowest BCUT2D eigenvalue weighted by Gasteiger charge is -2.25. The molecule has 0 spiro atoms. The number of hydrogen-bond donors (Lipinski definition) is 2. The van der Waals surface area contributed by atoms with Crippen LogP contribution >= 0.6 is 11.3 Å². The van der Waals surface area contributed by atoms with Crippen LogP contribution in [0.1, 0.15) is 36.4 Å². The number of carbonyl (C=O) groups is 1. The fourth-order valence-electron chi connectivity index (χ4n) is 1.72. The van der Waals surface area contributed by atoms with Crippen LogP contribution in [0.3, 0.4) is 0 Å². The standard InChI is InChI=1S/C14H18N4O2S/c1-3-14(20,4-2)9-18-12(19)10-8-17-13(21-10)11-15-6-5-7-16-11/h5-8,20H,3-4,9H2,1-2H3,(H,18,19). The molecule has 21 heavy (non-hydrogen) atoms. The summed E-state index contributed by atoms with van der Waals surface area (Å²) in [6, 6.07) is 1.72. The summed E-state index contributed by atoms with van der Waals surface area (Å²) in [6.07, 6.45) is 5.95. The quantitative estimate of drug-likeness (QED) is 0.850. The van der Waals surface area contributed by atoms with Crippen molar-refractivity contribution in [1.29, 1.82) is 0 Å². The molecule has 0 unspecified atom stereocenters. The highest BCUT2D eigenvalue weighted by atomic mass is 32.1. The first-order valence-electron chi connectivity index (χ1n) is 6.82. The molecule has 0 bridgehead atoms. The molecule has 0 saturated heterocycles. The van der Waals surface area contributed by atoms with Crippen LogP contribution in [-0.4, -0.2) is 38.1 Å². The highest BCUT2D eigenvalue weighted by Gasteiger charge is 2.23. The molecule has 2 heterocycles. The number of nitrogens with one attached hydrogen (secondary N) is 1. The number of amides is 1. The predicted molar refractivity (Wildman–Crippen MR) is 81.0 cm³/mol. The van der Waals surface area contributed by atoms with Gasteiger partial charge in [0.15, 0.2) is 10.8 Å². The maximum atomic E-state index is 12.1. The van der Waals surface area contributed by atoms with Crippen molar-refractivity contribution in [2.24, 2.45) is 0 Å². The van der Waals surface area contributed by atoms with E-state index in [1.165, 1.54) is 17.5 Å². The third-order valence-corrected chi connectivity index (χ3v) is 4.37. The Morgan fingerprint density at radius 1 is 1.29 bits per heavy atom. The van der Waals surface area contributed by atoms with E-state index in [1.54, 1.807) is 18.5 Å². The number of nitrogens with zero attached hydrogens (tertiary/aromatic N) is 3. The summed E-state index contributed by atoms with van der Waals surface area (Å²) in [5, 5.41) is 13.5. The molecule has 2 N–H and O–H groups in total. The Kier molecular flexibility index (Phi) is 4.98. The normalized spacial score (nSPS) is 11.4. The molecule has 0 atom stereocenters. The van der Waals surface area contributed by atoms with E-state index in [4.69, 9.17) is 0 Å². The Bertz CT molecular complexity index is 596. The van der Waals surface area contributed by atoms with Crippen molar-refractivity contribution < 1.29 is 9.90 Å². The van der Waals surface area contributed by atoms with E-state index in [2.05, 4.69) is 20.3 Å². The van der Waals surface area contributed by atoms with Crippen molar-refractivity contribution in [1.82, 2.24) is 20.3 Å². The van der Waals surface area contributed by atoms with Crippen molar-refractivity contribution in [2.75, 3.05) is 6.54 Å². The third kappa shape index (κ3) is 3.83. The lowest BCUT2D eigenvalue weighted by molar-refractivity contribution is 0.0314. The van der Waals surface area contributed by atoms with Gasteiger partial charge in [0.25, 0.3) is 5.91 Å². The average molecular weight is 306 g/mol. The first-order valence-corrected chi connectivity index (χ1v) is 7.63. The predicted octanol–water partition coefficient (Wildman–Crippen LogP) is 1.88. The van der Waals surface area contributed by atoms with Gasteiger partial charge in [0.2, 0.25) is 0 Å². The summed E-state index contributed by atoms with van der Waals surface area (Å²) in [4.78, 5) is 24.9. The molecule has 2 aromatic heterocycles. The van der Waals surface area contributed by atoms with E-state index in [9.17, 15) is 9.90 Å². The van der Waals surface area contributed by atoms with Gasteiger partial charge >= 0.3 is 0 Å². The van der Waals surface area contributed by atoms with Crippen molar-refractivity contribution in [3.05, 3.63) is 29.5 Å². The zero-order valence-electron chi connectivity index (χ0n) is 12.0. The monoisotopic (exact) mass is 306 g/mol. The maximum absolute atomic E-state index is 12.1. The van der Waals surface area contributed by atoms with Crippen LogP contribution < -0.4 is 5.32 Å². The van der Waals surface area contributed by atoms with Gasteiger partial charge in [-0.25, -0.2) is 15.0 Å². The Labute approximate surface area is 127 Å². The summed E-state index contributed by atoms with van der Waals surface area (Å²) in [5.74, 6) is 0.259. The Balaban J connectivity index is 2.03. The number of aromatic nitrogens is 3. The van der Waals surface area contributed by atoms with Gasteiger partial charge in [0.1, 0.15) is 4.88 Å². The second kappa shape index (κ2) is 6.73. The molecule has 0 radical (unpaired) electrons. The summed E-state index contributed by atoms with van der Waals surface area (Å²) in [6.45, 7) is 4.02. The SMILES string of the molecule is CCC(O)(CC)CNC(=O)c1cnc(-c2ncccn2)s1. The van der Waals surface area contributed by atoms with E-state index in [0.717, 1.165) is 0 Å². The van der Waals surface area contributed by atoms with Gasteiger partial charge in [-0.1, -0.05) is 13.8 Å². The fourth-order valence-corrected chi connectivity index (χ4v) is 2.50. The average Bonchev–Trinajstić information content (AvgIpc) is 3.03. The molecule has 0 fully saturated rings. The number of rotatable bonds is 6. The minimum Gasteiger partial charge on any atom is -0.388 e. The molecule has 6 nitrogen and oxygen atoms in total. The number of aliphatic hydroxyl groups is 1. The van der Waals surface area contributed by atoms with Gasteiger partial charge in [-0.2, -0.15) is 0 Å². The van der Waals surface area contributed by atoms with Crippen LogP contribution in [0, 0.1) is 0 Å². The number of carbonyl (C=O) groups excluding carboxylic acids is 1. The van der Waals surface area contributed by atoms with E-state index >= 15 is 0 Å². The fraction of sp³-hybridized carbons (Fsp3) is 0.429. The molecule has 2 rings (SSSR count). The number of hydrogen-bond acceptors (Lipinski definition) is 6. The van der Waals surface area contributed by atoms with Crippen LogP contribution in [0.15, 0.2) is 24.7 Å². The highest BCUT2D eigenvalue weighted by Crippen LogP contribution is 2.21. The molecular weight excluding hydrogens is 288 g/mol. The highest BCUT2D eigenvalue weighted by molar-refractivity contribution is 7.16. The van der Waals surface area contributed by atoms with E-state index in [1.807, 2.05) is 13.8 Å². The zero-order chi connectivity index (χ0) is 15.3. The topological polar surface area (TPSA) is 88.0 Å². The van der Waals surface area contributed by atoms with Gasteiger partial charge in [-0.3, -0.25) is 4.79 Å². The minimum absolute atomic E-state index is 0.230. The van der Waals surface area contributed by atoms with Crippen LogP contribution in [0.5, 0.6) is 0 Å². The van der Waals surface area contributed by atoms with Gasteiger partial charge in [-0.05, 0) is 18.9 Å². The molecule has 2 aromatic rings. The van der Waals surface area contributed by atoms with Gasteiger partial charge in [0.05, 0.1) is 11.8 Å². The second-order valence-corrected chi connectivity index (χ2v) is 5.75. The molecule has 1 amide bonds. The Morgan fingerprint density at radius 3 is 2.57 bits per heavy atom. The van der Waals surface area contributed by atoms with E-state index in [0.29, 0.717) is 28.6 Å². The first kappa shape index (κ1) is 15.5. The summed E-state index contributed by atoms with van der Waals surface area (Å²) < 4.78 is 0. The molecular formula is C14H18N4O2S. The number of thiazole rings is 1. The van der Waals surface area contributed by atoms with E-state index in [-0.39, 0.29) is 12.5 Å². The van der Waals surface area contributed by atoms with Crippen LogP contribution in [-0.2, 0) is 0 Å². The van der Waals surface area contributed by atoms with Gasteiger partial charge in [0, 0.05) is 18.9 Å². The Hall–Kier alpha value is -1.86. The lowest BCUT2D eigenvalue weighted by atomic mass is 9.98. The molecule has 0 aliphatic carbocycles. The van der Waals surface area contributed by atoms with Crippen molar-refractivity contribution >= 4 is 17.2 Å². The van der Waals surface area contributed by atoms with Crippen molar-refractivity contribution in [2.45, 2.75) is 32.3 Å². The van der Waals surface area contributed by atoms with Gasteiger partial charge in [-0.15, -0.1) is 11.3 Å². The first-order chi connectivity index (χ1) is 10.1. The molecule has 0 saturated carbocycles. The molecule has 0 aromatic carbocycles. The third-order valence-electron chi connectivity index (χ3n) is 3.38. The molecule has 0 aliphatic rings. The summed E-state index contributed by atoms with van der Waals surface area (Å²) in [7, 11) is 0. The second-order valence-electron chi connectivity index (χ2n) is 4.72. The largest absolute Gasteiger partial charge is 0.388 e. The van der Waals surface area contributed by atoms with E-state index < -0.39 is 5.60 Å². The van der Waals surface area contributed by atoms with Crippen LogP contribution in [0.2, 0.25) is 0 Å². The minimum atomic E-state index is -0.855. The van der Waals surface area contributed by atoms with Crippen molar-refractivity contribution in [3.8, 4) is 10.8 Å². The Morgan fingerprint density at radius 2 is 1.95 bits per heavy atom. The maximum Gasteiger partial charge on any atom is 0.263 e. The molecule has 0 aliphatic heterocycles. The van der Waals surface area contributed by atoms with Gasteiger partial charge < -0.3 is 10.4 Å². The van der Waals surface area contributed by atoms with Crippen molar-refractivity contribution in [3.63, 3.8) is 0 Å². The summed E-state index contributed by atoms with van der Waals surface area (Å²) >= 11 is 1.23. The lowest BCUT2D eigenvalue weighted by Crippen LogP contribution is -2.41. The molecule has 112 valence electrons. The van der Waals surface area contributed by atoms with Crippen LogP contribution in [0.25, 0.3) is 10.8 Å².